The normalized spacial score (nSPS) is 23.6. The van der Waals surface area contributed by atoms with Crippen LogP contribution in [0.5, 0.6) is 0 Å². The summed E-state index contributed by atoms with van der Waals surface area (Å²) < 4.78 is 38.7. The Kier molecular flexibility index (Phi) is 4.40. The second-order valence-electron chi connectivity index (χ2n) is 4.87. The fraction of sp³-hybridized carbons (Fsp3) is 0.538. The van der Waals surface area contributed by atoms with E-state index in [1.807, 2.05) is 0 Å². The van der Waals surface area contributed by atoms with Gasteiger partial charge in [-0.25, -0.2) is 0 Å². The van der Waals surface area contributed by atoms with Gasteiger partial charge in [0.25, 0.3) is 0 Å². The predicted octanol–water partition coefficient (Wildman–Crippen LogP) is 4.01. The minimum atomic E-state index is -4.32. The lowest BCUT2D eigenvalue weighted by atomic mass is 10.0. The highest BCUT2D eigenvalue weighted by molar-refractivity contribution is 9.10. The van der Waals surface area contributed by atoms with E-state index in [9.17, 15) is 13.2 Å². The third-order valence-corrected chi connectivity index (χ3v) is 4.29. The quantitative estimate of drug-likeness (QED) is 0.875. The molecule has 2 nitrogen and oxygen atoms in total. The van der Waals surface area contributed by atoms with Gasteiger partial charge in [0.15, 0.2) is 0 Å². The van der Waals surface area contributed by atoms with Crippen LogP contribution in [0.15, 0.2) is 22.7 Å². The first-order valence-corrected chi connectivity index (χ1v) is 7.04. The summed E-state index contributed by atoms with van der Waals surface area (Å²) in [5, 5.41) is 3.20. The molecule has 0 amide bonds. The van der Waals surface area contributed by atoms with E-state index in [-0.39, 0.29) is 6.04 Å². The Labute approximate surface area is 118 Å². The number of nitrogens with two attached hydrogens (primary N) is 1. The van der Waals surface area contributed by atoms with Gasteiger partial charge in [-0.2, -0.15) is 13.2 Å². The fourth-order valence-electron chi connectivity index (χ4n) is 2.52. The Morgan fingerprint density at radius 1 is 1.32 bits per heavy atom. The van der Waals surface area contributed by atoms with Crippen molar-refractivity contribution >= 4 is 21.6 Å². The molecule has 1 aromatic rings. The lowest BCUT2D eigenvalue weighted by molar-refractivity contribution is -0.137. The zero-order valence-corrected chi connectivity index (χ0v) is 11.9. The van der Waals surface area contributed by atoms with Crippen molar-refractivity contribution in [2.45, 2.75) is 31.5 Å². The van der Waals surface area contributed by atoms with Gasteiger partial charge in [0, 0.05) is 16.2 Å². The van der Waals surface area contributed by atoms with Crippen LogP contribution < -0.4 is 11.1 Å². The molecule has 0 aliphatic heterocycles. The second-order valence-corrected chi connectivity index (χ2v) is 5.72. The summed E-state index contributed by atoms with van der Waals surface area (Å²) in [5.41, 5.74) is 5.53. The zero-order chi connectivity index (χ0) is 14.0. The maximum atomic E-state index is 12.7. The smallest absolute Gasteiger partial charge is 0.381 e. The van der Waals surface area contributed by atoms with Crippen LogP contribution in [0, 0.1) is 5.92 Å². The maximum absolute atomic E-state index is 12.7. The van der Waals surface area contributed by atoms with E-state index >= 15 is 0 Å². The van der Waals surface area contributed by atoms with E-state index in [2.05, 4.69) is 21.2 Å². The molecule has 2 atom stereocenters. The van der Waals surface area contributed by atoms with Crippen LogP contribution >= 0.6 is 15.9 Å². The van der Waals surface area contributed by atoms with Crippen LogP contribution in [0.4, 0.5) is 18.9 Å². The highest BCUT2D eigenvalue weighted by Gasteiger charge is 2.32. The number of benzene rings is 1. The van der Waals surface area contributed by atoms with Crippen LogP contribution in [0.1, 0.15) is 24.8 Å². The zero-order valence-electron chi connectivity index (χ0n) is 10.3. The van der Waals surface area contributed by atoms with Crippen LogP contribution in [-0.4, -0.2) is 12.6 Å². The summed E-state index contributed by atoms with van der Waals surface area (Å²) in [5.74, 6) is 0.335. The van der Waals surface area contributed by atoms with E-state index in [4.69, 9.17) is 5.73 Å². The van der Waals surface area contributed by atoms with Crippen molar-refractivity contribution in [3.63, 3.8) is 0 Å². The number of alkyl halides is 3. The van der Waals surface area contributed by atoms with Crippen molar-refractivity contribution in [2.24, 2.45) is 11.7 Å². The first kappa shape index (κ1) is 14.7. The van der Waals surface area contributed by atoms with E-state index in [0.717, 1.165) is 31.4 Å². The molecule has 1 saturated carbocycles. The van der Waals surface area contributed by atoms with Crippen LogP contribution in [0.25, 0.3) is 0 Å². The molecule has 2 unspecified atom stereocenters. The van der Waals surface area contributed by atoms with Gasteiger partial charge >= 0.3 is 6.18 Å². The molecular formula is C13H16BrF3N2. The summed E-state index contributed by atoms with van der Waals surface area (Å²) >= 11 is 3.29. The van der Waals surface area contributed by atoms with Crippen molar-refractivity contribution in [2.75, 3.05) is 11.9 Å². The molecule has 0 spiro atoms. The fourth-order valence-corrected chi connectivity index (χ4v) is 2.88. The topological polar surface area (TPSA) is 38.0 Å². The maximum Gasteiger partial charge on any atom is 0.416 e. The van der Waals surface area contributed by atoms with Gasteiger partial charge in [-0.05, 0) is 59.4 Å². The number of anilines is 1. The molecule has 1 fully saturated rings. The largest absolute Gasteiger partial charge is 0.416 e. The van der Waals surface area contributed by atoms with Crippen LogP contribution in [0.2, 0.25) is 0 Å². The van der Waals surface area contributed by atoms with Gasteiger partial charge in [-0.3, -0.25) is 0 Å². The molecule has 0 heterocycles. The first-order valence-electron chi connectivity index (χ1n) is 6.25. The lowest BCUT2D eigenvalue weighted by Crippen LogP contribution is -2.29. The first-order chi connectivity index (χ1) is 8.91. The van der Waals surface area contributed by atoms with Crippen molar-refractivity contribution < 1.29 is 13.2 Å². The number of halogens is 4. The molecule has 1 aromatic carbocycles. The van der Waals surface area contributed by atoms with Crippen molar-refractivity contribution in [3.8, 4) is 0 Å². The average Bonchev–Trinajstić information content (AvgIpc) is 2.77. The monoisotopic (exact) mass is 336 g/mol. The highest BCUT2D eigenvalue weighted by Crippen LogP contribution is 2.36. The third-order valence-electron chi connectivity index (χ3n) is 3.60. The van der Waals surface area contributed by atoms with Gasteiger partial charge in [0.2, 0.25) is 0 Å². The number of hydrogen-bond donors (Lipinski definition) is 2. The van der Waals surface area contributed by atoms with Gasteiger partial charge in [-0.15, -0.1) is 0 Å². The Morgan fingerprint density at radius 3 is 2.68 bits per heavy atom. The molecule has 3 N–H and O–H groups in total. The molecule has 0 radical (unpaired) electrons. The Balaban J connectivity index is 2.20. The van der Waals surface area contributed by atoms with Crippen molar-refractivity contribution in [1.82, 2.24) is 0 Å². The summed E-state index contributed by atoms with van der Waals surface area (Å²) in [6.45, 7) is 0.564. The molecule has 0 saturated heterocycles. The minimum Gasteiger partial charge on any atom is -0.381 e. The van der Waals surface area contributed by atoms with Crippen molar-refractivity contribution in [3.05, 3.63) is 28.2 Å². The van der Waals surface area contributed by atoms with Gasteiger partial charge in [0.1, 0.15) is 0 Å². The second kappa shape index (κ2) is 5.71. The molecule has 0 aromatic heterocycles. The number of nitrogens with one attached hydrogen (secondary N) is 1. The van der Waals surface area contributed by atoms with E-state index in [1.54, 1.807) is 0 Å². The Bertz CT molecular complexity index is 448. The highest BCUT2D eigenvalue weighted by atomic mass is 79.9. The third kappa shape index (κ3) is 3.42. The lowest BCUT2D eigenvalue weighted by Gasteiger charge is -2.22. The number of hydrogen-bond acceptors (Lipinski definition) is 2. The van der Waals surface area contributed by atoms with E-state index < -0.39 is 11.7 Å². The summed E-state index contributed by atoms with van der Waals surface area (Å²) in [6, 6.07) is 3.81. The van der Waals surface area contributed by atoms with Crippen LogP contribution in [-0.2, 0) is 6.18 Å². The molecule has 19 heavy (non-hydrogen) atoms. The molecule has 1 aliphatic carbocycles. The summed E-state index contributed by atoms with van der Waals surface area (Å²) in [4.78, 5) is 0. The van der Waals surface area contributed by atoms with Crippen LogP contribution in [0.3, 0.4) is 0 Å². The van der Waals surface area contributed by atoms with E-state index in [0.29, 0.717) is 22.6 Å². The Morgan fingerprint density at radius 2 is 2.05 bits per heavy atom. The van der Waals surface area contributed by atoms with Crippen molar-refractivity contribution in [1.29, 1.82) is 0 Å². The van der Waals surface area contributed by atoms with Gasteiger partial charge < -0.3 is 11.1 Å². The average molecular weight is 337 g/mol. The molecule has 2 rings (SSSR count). The van der Waals surface area contributed by atoms with Gasteiger partial charge in [0.05, 0.1) is 5.56 Å². The van der Waals surface area contributed by atoms with Gasteiger partial charge in [-0.1, -0.05) is 6.42 Å². The van der Waals surface area contributed by atoms with E-state index in [1.165, 1.54) is 6.07 Å². The summed E-state index contributed by atoms with van der Waals surface area (Å²) in [6.07, 6.45) is -1.27. The Hall–Kier alpha value is -0.750. The predicted molar refractivity (Wildman–Crippen MR) is 73.0 cm³/mol. The molecular weight excluding hydrogens is 321 g/mol. The standard InChI is InChI=1S/C13H16BrF3N2/c14-10-5-4-9(13(15,16)17)6-12(10)19-11-3-1-2-8(11)7-18/h4-6,8,11,19H,1-3,7,18H2. The molecule has 0 bridgehead atoms. The molecule has 6 heteroatoms. The SMILES string of the molecule is NCC1CCCC1Nc1cc(C(F)(F)F)ccc1Br. The molecule has 1 aliphatic rings. The molecule has 106 valence electrons. The summed E-state index contributed by atoms with van der Waals surface area (Å²) in [7, 11) is 0. The minimum absolute atomic E-state index is 0.157. The number of rotatable bonds is 3.